The fraction of sp³-hybridized carbons (Fsp3) is 0.125. The number of fused-ring (bicyclic) bond motifs is 1. The molecule has 0 spiro atoms. The van der Waals surface area contributed by atoms with Crippen molar-refractivity contribution in [1.29, 1.82) is 0 Å². The van der Waals surface area contributed by atoms with Crippen LogP contribution in [0.4, 0.5) is 0 Å². The predicted molar refractivity (Wildman–Crippen MR) is 75.0 cm³/mol. The van der Waals surface area contributed by atoms with Gasteiger partial charge in [-0.25, -0.2) is 0 Å². The third kappa shape index (κ3) is 1.76. The summed E-state index contributed by atoms with van der Waals surface area (Å²) in [4.78, 5) is 3.45. The molecule has 0 unspecified atom stereocenters. The number of ether oxygens (including phenoxy) is 1. The van der Waals surface area contributed by atoms with Gasteiger partial charge in [-0.05, 0) is 36.8 Å². The van der Waals surface area contributed by atoms with Gasteiger partial charge in [0.25, 0.3) is 0 Å². The van der Waals surface area contributed by atoms with Crippen molar-refractivity contribution in [3.8, 4) is 17.0 Å². The Balaban J connectivity index is 2.19. The van der Waals surface area contributed by atoms with Crippen molar-refractivity contribution >= 4 is 10.9 Å². The molecule has 2 nitrogen and oxygen atoms in total. The summed E-state index contributed by atoms with van der Waals surface area (Å²) in [7, 11) is 1.69. The van der Waals surface area contributed by atoms with Gasteiger partial charge in [0, 0.05) is 22.2 Å². The first kappa shape index (κ1) is 10.9. The lowest BCUT2D eigenvalue weighted by molar-refractivity contribution is 0.415. The van der Waals surface area contributed by atoms with Crippen LogP contribution < -0.4 is 4.74 Å². The van der Waals surface area contributed by atoms with Crippen molar-refractivity contribution < 1.29 is 4.74 Å². The molecule has 1 N–H and O–H groups in total. The van der Waals surface area contributed by atoms with Crippen LogP contribution in [-0.2, 0) is 0 Å². The fourth-order valence-corrected chi connectivity index (χ4v) is 2.24. The minimum Gasteiger partial charge on any atom is -0.497 e. The molecule has 2 aromatic carbocycles. The number of aryl methyl sites for hydroxylation is 1. The summed E-state index contributed by atoms with van der Waals surface area (Å²) in [5, 5.41) is 1.23. The average molecular weight is 237 g/mol. The van der Waals surface area contributed by atoms with Gasteiger partial charge < -0.3 is 9.72 Å². The van der Waals surface area contributed by atoms with Gasteiger partial charge in [0.15, 0.2) is 0 Å². The molecule has 3 aromatic rings. The van der Waals surface area contributed by atoms with Crippen LogP contribution in [0.5, 0.6) is 5.75 Å². The molecule has 1 heterocycles. The molecule has 1 aromatic heterocycles. The normalized spacial score (nSPS) is 10.8. The molecule has 0 aliphatic heterocycles. The van der Waals surface area contributed by atoms with E-state index in [1.807, 2.05) is 12.1 Å². The quantitative estimate of drug-likeness (QED) is 0.711. The highest BCUT2D eigenvalue weighted by Gasteiger charge is 2.07. The van der Waals surface area contributed by atoms with Crippen LogP contribution in [0.15, 0.2) is 48.5 Å². The predicted octanol–water partition coefficient (Wildman–Crippen LogP) is 4.15. The molecule has 0 radical (unpaired) electrons. The third-order valence-electron chi connectivity index (χ3n) is 3.26. The van der Waals surface area contributed by atoms with E-state index in [0.717, 1.165) is 17.0 Å². The van der Waals surface area contributed by atoms with E-state index in [2.05, 4.69) is 48.3 Å². The maximum absolute atomic E-state index is 5.29. The minimum atomic E-state index is 0.884. The largest absolute Gasteiger partial charge is 0.497 e. The number of nitrogens with one attached hydrogen (secondary N) is 1. The molecule has 90 valence electrons. The number of hydrogen-bond acceptors (Lipinski definition) is 1. The molecule has 0 fully saturated rings. The van der Waals surface area contributed by atoms with Crippen molar-refractivity contribution in [3.63, 3.8) is 0 Å². The number of benzene rings is 2. The van der Waals surface area contributed by atoms with Crippen LogP contribution in [0.3, 0.4) is 0 Å². The van der Waals surface area contributed by atoms with Crippen LogP contribution in [0.25, 0.3) is 22.2 Å². The van der Waals surface area contributed by atoms with Gasteiger partial charge in [0.2, 0.25) is 0 Å². The van der Waals surface area contributed by atoms with Crippen LogP contribution in [0.1, 0.15) is 5.56 Å². The Morgan fingerprint density at radius 2 is 1.83 bits per heavy atom. The Hall–Kier alpha value is -2.22. The SMILES string of the molecule is COc1ccc(C)c(-c2cc3ccccc3[nH]2)c1. The maximum atomic E-state index is 5.29. The Labute approximate surface area is 106 Å². The number of methoxy groups -OCH3 is 1. The summed E-state index contributed by atoms with van der Waals surface area (Å²) < 4.78 is 5.29. The number of rotatable bonds is 2. The first-order valence-corrected chi connectivity index (χ1v) is 6.01. The van der Waals surface area contributed by atoms with E-state index < -0.39 is 0 Å². The summed E-state index contributed by atoms with van der Waals surface area (Å²) in [5.74, 6) is 0.884. The van der Waals surface area contributed by atoms with Gasteiger partial charge in [-0.15, -0.1) is 0 Å². The van der Waals surface area contributed by atoms with Crippen molar-refractivity contribution in [2.24, 2.45) is 0 Å². The Bertz CT molecular complexity index is 664. The van der Waals surface area contributed by atoms with E-state index >= 15 is 0 Å². The third-order valence-corrected chi connectivity index (χ3v) is 3.26. The fourth-order valence-electron chi connectivity index (χ4n) is 2.24. The summed E-state index contributed by atoms with van der Waals surface area (Å²) in [5.41, 5.74) is 4.72. The topological polar surface area (TPSA) is 25.0 Å². The number of para-hydroxylation sites is 1. The Morgan fingerprint density at radius 1 is 1.00 bits per heavy atom. The number of H-pyrrole nitrogens is 1. The molecular formula is C16H15NO. The van der Waals surface area contributed by atoms with E-state index in [-0.39, 0.29) is 0 Å². The first-order valence-electron chi connectivity index (χ1n) is 6.01. The molecule has 0 amide bonds. The second kappa shape index (κ2) is 4.22. The molecule has 0 atom stereocenters. The van der Waals surface area contributed by atoms with Gasteiger partial charge >= 0.3 is 0 Å². The van der Waals surface area contributed by atoms with Crippen molar-refractivity contribution in [2.45, 2.75) is 6.92 Å². The zero-order valence-corrected chi connectivity index (χ0v) is 10.5. The van der Waals surface area contributed by atoms with E-state index in [4.69, 9.17) is 4.74 Å². The summed E-state index contributed by atoms with van der Waals surface area (Å²) in [6.07, 6.45) is 0. The summed E-state index contributed by atoms with van der Waals surface area (Å²) in [6, 6.07) is 16.6. The monoisotopic (exact) mass is 237 g/mol. The summed E-state index contributed by atoms with van der Waals surface area (Å²) in [6.45, 7) is 2.11. The lowest BCUT2D eigenvalue weighted by atomic mass is 10.1. The van der Waals surface area contributed by atoms with Crippen LogP contribution in [0.2, 0.25) is 0 Å². The second-order valence-corrected chi connectivity index (χ2v) is 4.45. The van der Waals surface area contributed by atoms with Crippen LogP contribution >= 0.6 is 0 Å². The smallest absolute Gasteiger partial charge is 0.119 e. The molecule has 0 bridgehead atoms. The molecule has 0 aliphatic carbocycles. The van der Waals surface area contributed by atoms with E-state index in [1.165, 1.54) is 16.5 Å². The van der Waals surface area contributed by atoms with Crippen molar-refractivity contribution in [3.05, 3.63) is 54.1 Å². The van der Waals surface area contributed by atoms with E-state index in [9.17, 15) is 0 Å². The zero-order chi connectivity index (χ0) is 12.5. The first-order chi connectivity index (χ1) is 8.78. The minimum absolute atomic E-state index is 0.884. The molecule has 0 aliphatic rings. The highest BCUT2D eigenvalue weighted by molar-refractivity contribution is 5.86. The van der Waals surface area contributed by atoms with Crippen molar-refractivity contribution in [2.75, 3.05) is 7.11 Å². The molecule has 2 heteroatoms. The number of aromatic amines is 1. The van der Waals surface area contributed by atoms with Crippen LogP contribution in [0, 0.1) is 6.92 Å². The lowest BCUT2D eigenvalue weighted by Gasteiger charge is -2.06. The summed E-state index contributed by atoms with van der Waals surface area (Å²) >= 11 is 0. The highest BCUT2D eigenvalue weighted by Crippen LogP contribution is 2.29. The van der Waals surface area contributed by atoms with E-state index in [1.54, 1.807) is 7.11 Å². The van der Waals surface area contributed by atoms with Gasteiger partial charge in [-0.2, -0.15) is 0 Å². The lowest BCUT2D eigenvalue weighted by Crippen LogP contribution is -1.87. The maximum Gasteiger partial charge on any atom is 0.119 e. The average Bonchev–Trinajstić information content (AvgIpc) is 2.82. The van der Waals surface area contributed by atoms with E-state index in [0.29, 0.717) is 0 Å². The van der Waals surface area contributed by atoms with Crippen LogP contribution in [-0.4, -0.2) is 12.1 Å². The van der Waals surface area contributed by atoms with Gasteiger partial charge in [0.05, 0.1) is 7.11 Å². The Kier molecular flexibility index (Phi) is 2.56. The molecule has 0 saturated carbocycles. The highest BCUT2D eigenvalue weighted by atomic mass is 16.5. The molecule has 18 heavy (non-hydrogen) atoms. The van der Waals surface area contributed by atoms with Gasteiger partial charge in [-0.3, -0.25) is 0 Å². The zero-order valence-electron chi connectivity index (χ0n) is 10.5. The number of hydrogen-bond donors (Lipinski definition) is 1. The Morgan fingerprint density at radius 3 is 2.61 bits per heavy atom. The van der Waals surface area contributed by atoms with Gasteiger partial charge in [0.1, 0.15) is 5.75 Å². The molecule has 3 rings (SSSR count). The number of aromatic nitrogens is 1. The second-order valence-electron chi connectivity index (χ2n) is 4.45. The van der Waals surface area contributed by atoms with Crippen molar-refractivity contribution in [1.82, 2.24) is 4.98 Å². The molecule has 0 saturated heterocycles. The standard InChI is InChI=1S/C16H15NO/c1-11-7-8-13(18-2)10-14(11)16-9-12-5-3-4-6-15(12)17-16/h3-10,17H,1-2H3. The van der Waals surface area contributed by atoms with Gasteiger partial charge in [-0.1, -0.05) is 24.3 Å². The molecular weight excluding hydrogens is 222 g/mol.